The first kappa shape index (κ1) is 78.9. The third-order valence-corrected chi connectivity index (χ3v) is 15.7. The minimum Gasteiger partial charge on any atom is -0.756 e. The minimum atomic E-state index is -4.72. The molecule has 0 bridgehead atoms. The molecule has 0 aliphatic rings. The van der Waals surface area contributed by atoms with Crippen molar-refractivity contribution in [2.45, 2.75) is 309 Å². The van der Waals surface area contributed by atoms with Crippen molar-refractivity contribution in [3.63, 3.8) is 0 Å². The van der Waals surface area contributed by atoms with Crippen LogP contribution < -0.4 is 10.2 Å². The van der Waals surface area contributed by atoms with Gasteiger partial charge in [0, 0.05) is 12.8 Å². The molecule has 3 atom stereocenters. The average Bonchev–Trinajstić information content (AvgIpc) is 3.44. The van der Waals surface area contributed by atoms with Crippen LogP contribution in [0.15, 0.2) is 97.2 Å². The van der Waals surface area contributed by atoms with Gasteiger partial charge in [0.15, 0.2) is 0 Å². The molecular weight excluding hydrogens is 1040 g/mol. The number of nitrogens with zero attached hydrogens (tertiary/aromatic N) is 1. The maximum absolute atomic E-state index is 13.6. The number of hydrogen-bond acceptors (Lipinski definition) is 7. The summed E-state index contributed by atoms with van der Waals surface area (Å²) in [5, 5.41) is 3.03. The van der Waals surface area contributed by atoms with E-state index in [4.69, 9.17) is 13.8 Å². The molecule has 0 rings (SSSR count). The summed E-state index contributed by atoms with van der Waals surface area (Å²) in [6, 6.07) is -0.908. The molecule has 0 aromatic rings. The SMILES string of the molecule is CCCCC/C=C\C/C=C\C/C=C\C/C=C\CCCCCC(=O)OC(/C=C\CCCCCCCCCCCC)C(COP(=O)([O-])OCC[N+](C)(C)C)NC(=O)CCCCCCCCCCCCCC/C=C\C/C=C\C/C=C\CCCCC. The number of allylic oxidation sites excluding steroid dienone is 15. The maximum atomic E-state index is 13.6. The van der Waals surface area contributed by atoms with Crippen LogP contribution in [0.5, 0.6) is 0 Å². The number of carbonyl (C=O) groups is 2. The summed E-state index contributed by atoms with van der Waals surface area (Å²) in [6.45, 7) is 6.78. The van der Waals surface area contributed by atoms with Crippen LogP contribution in [0.2, 0.25) is 0 Å². The largest absolute Gasteiger partial charge is 0.756 e. The molecule has 0 heterocycles. The highest BCUT2D eigenvalue weighted by Gasteiger charge is 2.27. The number of ether oxygens (including phenoxy) is 1. The van der Waals surface area contributed by atoms with Crippen LogP contribution in [-0.2, 0) is 27.9 Å². The number of hydrogen-bond donors (Lipinski definition) is 1. The molecule has 82 heavy (non-hydrogen) atoms. The smallest absolute Gasteiger partial charge is 0.306 e. The number of phosphoric ester groups is 1. The van der Waals surface area contributed by atoms with E-state index in [2.05, 4.69) is 111 Å². The first-order valence-electron chi connectivity index (χ1n) is 34.0. The van der Waals surface area contributed by atoms with Gasteiger partial charge in [0.05, 0.1) is 33.8 Å². The highest BCUT2D eigenvalue weighted by molar-refractivity contribution is 7.45. The van der Waals surface area contributed by atoms with Crippen molar-refractivity contribution >= 4 is 19.7 Å². The van der Waals surface area contributed by atoms with Crippen LogP contribution in [0.3, 0.4) is 0 Å². The second kappa shape index (κ2) is 61.0. The lowest BCUT2D eigenvalue weighted by Crippen LogP contribution is -2.47. The van der Waals surface area contributed by atoms with E-state index < -0.39 is 26.6 Å². The van der Waals surface area contributed by atoms with E-state index in [1.54, 1.807) is 0 Å². The fourth-order valence-corrected chi connectivity index (χ4v) is 10.2. The van der Waals surface area contributed by atoms with E-state index >= 15 is 0 Å². The Morgan fingerprint density at radius 1 is 0.427 bits per heavy atom. The van der Waals surface area contributed by atoms with Crippen LogP contribution in [0.25, 0.3) is 0 Å². The zero-order valence-corrected chi connectivity index (χ0v) is 55.1. The van der Waals surface area contributed by atoms with Gasteiger partial charge in [-0.3, -0.25) is 14.2 Å². The Bertz CT molecular complexity index is 1720. The van der Waals surface area contributed by atoms with Gasteiger partial charge >= 0.3 is 5.97 Å². The highest BCUT2D eigenvalue weighted by atomic mass is 31.2. The van der Waals surface area contributed by atoms with Gasteiger partial charge in [-0.1, -0.05) is 266 Å². The first-order chi connectivity index (χ1) is 39.9. The van der Waals surface area contributed by atoms with E-state index in [1.165, 1.54) is 161 Å². The van der Waals surface area contributed by atoms with Gasteiger partial charge in [0.2, 0.25) is 5.91 Å². The summed E-state index contributed by atoms with van der Waals surface area (Å²) in [5.41, 5.74) is 0. The van der Waals surface area contributed by atoms with E-state index in [9.17, 15) is 19.0 Å². The molecule has 1 N–H and O–H groups in total. The summed E-state index contributed by atoms with van der Waals surface area (Å²) in [5.74, 6) is -0.578. The molecule has 10 heteroatoms. The molecule has 9 nitrogen and oxygen atoms in total. The Hall–Kier alpha value is -3.07. The zero-order chi connectivity index (χ0) is 60.0. The Morgan fingerprint density at radius 2 is 0.744 bits per heavy atom. The van der Waals surface area contributed by atoms with E-state index in [-0.39, 0.29) is 24.9 Å². The van der Waals surface area contributed by atoms with Gasteiger partial charge in [0.1, 0.15) is 19.3 Å². The van der Waals surface area contributed by atoms with E-state index in [0.717, 1.165) is 96.3 Å². The monoisotopic (exact) mass is 1160 g/mol. The van der Waals surface area contributed by atoms with Crippen molar-refractivity contribution in [2.75, 3.05) is 40.9 Å². The summed E-state index contributed by atoms with van der Waals surface area (Å²) in [6.07, 6.45) is 82.4. The molecule has 0 fully saturated rings. The van der Waals surface area contributed by atoms with Crippen molar-refractivity contribution in [3.05, 3.63) is 97.2 Å². The summed E-state index contributed by atoms with van der Waals surface area (Å²) >= 11 is 0. The second-order valence-electron chi connectivity index (χ2n) is 24.0. The molecule has 0 saturated carbocycles. The molecule has 0 spiro atoms. The number of rotatable bonds is 61. The van der Waals surface area contributed by atoms with Gasteiger partial charge < -0.3 is 28.5 Å². The lowest BCUT2D eigenvalue weighted by Gasteiger charge is -2.30. The van der Waals surface area contributed by atoms with Crippen molar-refractivity contribution < 1.29 is 37.3 Å². The average molecular weight is 1170 g/mol. The van der Waals surface area contributed by atoms with Gasteiger partial charge in [-0.05, 0) is 115 Å². The summed E-state index contributed by atoms with van der Waals surface area (Å²) in [4.78, 5) is 40.1. The van der Waals surface area contributed by atoms with Crippen LogP contribution in [0.4, 0.5) is 0 Å². The lowest BCUT2D eigenvalue weighted by molar-refractivity contribution is -0.870. The van der Waals surface area contributed by atoms with Crippen LogP contribution in [0, 0.1) is 0 Å². The van der Waals surface area contributed by atoms with E-state index in [1.807, 2.05) is 33.3 Å². The van der Waals surface area contributed by atoms with Crippen LogP contribution in [-0.4, -0.2) is 69.4 Å². The Labute approximate surface area is 507 Å². The van der Waals surface area contributed by atoms with E-state index in [0.29, 0.717) is 23.9 Å². The summed E-state index contributed by atoms with van der Waals surface area (Å²) < 4.78 is 30.4. The molecule has 0 radical (unpaired) electrons. The molecule has 474 valence electrons. The molecule has 1 amide bonds. The fourth-order valence-electron chi connectivity index (χ4n) is 9.45. The van der Waals surface area contributed by atoms with Gasteiger partial charge in [-0.2, -0.15) is 0 Å². The predicted molar refractivity (Wildman–Crippen MR) is 353 cm³/mol. The van der Waals surface area contributed by atoms with Gasteiger partial charge in [-0.15, -0.1) is 0 Å². The number of phosphoric acid groups is 1. The zero-order valence-electron chi connectivity index (χ0n) is 54.2. The minimum absolute atomic E-state index is 0.0317. The number of likely N-dealkylation sites (N-methyl/N-ethyl adjacent to an activating group) is 1. The van der Waals surface area contributed by atoms with Crippen molar-refractivity contribution in [1.82, 2.24) is 5.32 Å². The highest BCUT2D eigenvalue weighted by Crippen LogP contribution is 2.38. The van der Waals surface area contributed by atoms with Crippen LogP contribution in [0.1, 0.15) is 297 Å². The van der Waals surface area contributed by atoms with Gasteiger partial charge in [-0.25, -0.2) is 0 Å². The predicted octanol–water partition coefficient (Wildman–Crippen LogP) is 20.9. The molecular formula is C72H129N2O7P. The number of quaternary nitrogens is 1. The second-order valence-corrected chi connectivity index (χ2v) is 25.4. The fraction of sp³-hybridized carbons (Fsp3) is 0.750. The lowest BCUT2D eigenvalue weighted by atomic mass is 10.0. The van der Waals surface area contributed by atoms with Crippen molar-refractivity contribution in [2.24, 2.45) is 0 Å². The van der Waals surface area contributed by atoms with Crippen molar-refractivity contribution in [1.29, 1.82) is 0 Å². The summed E-state index contributed by atoms with van der Waals surface area (Å²) in [7, 11) is 1.16. The third kappa shape index (κ3) is 61.5. The maximum Gasteiger partial charge on any atom is 0.306 e. The van der Waals surface area contributed by atoms with Crippen LogP contribution >= 0.6 is 7.82 Å². The molecule has 0 aromatic carbocycles. The molecule has 0 aromatic heterocycles. The normalized spacial score (nSPS) is 14.2. The molecule has 0 aliphatic heterocycles. The number of carbonyl (C=O) groups excluding carboxylic acids is 2. The number of nitrogens with one attached hydrogen (secondary N) is 1. The first-order valence-corrected chi connectivity index (χ1v) is 35.5. The topological polar surface area (TPSA) is 114 Å². The van der Waals surface area contributed by atoms with Crippen molar-refractivity contribution in [3.8, 4) is 0 Å². The quantitative estimate of drug-likeness (QED) is 0.0212. The standard InChI is InChI=1S/C72H129N2O7P/c1-7-10-13-16-19-22-25-28-30-32-34-35-36-37-38-39-41-42-44-46-49-52-55-58-61-64-71(75)73-69(68-80-82(77,78)79-67-66-74(4,5)6)70(63-60-57-54-51-48-27-24-21-18-15-12-9-3)81-72(76)65-62-59-56-53-50-47-45-43-40-33-31-29-26-23-20-17-14-11-8-2/h19-20,22-23,28-31,34-35,40,43,47,50,60,63,69-70H,7-18,21,24-27,32-33,36-39,41-42,44-46,48-49,51-59,61-62,64-68H2,1-6H3,(H-,73,75,77,78)/b22-19-,23-20-,30-28-,31-29-,35-34-,43-40-,50-47-,63-60-. The Kier molecular flexibility index (Phi) is 58.7. The molecule has 3 unspecified atom stereocenters. The number of esters is 1. The Morgan fingerprint density at radius 3 is 1.15 bits per heavy atom. The molecule has 0 aliphatic carbocycles. The number of amides is 1. The van der Waals surface area contributed by atoms with Gasteiger partial charge in [0.25, 0.3) is 7.82 Å². The number of unbranched alkanes of at least 4 members (excludes halogenated alkanes) is 31. The molecule has 0 saturated heterocycles. The Balaban J connectivity index is 5.17. The third-order valence-electron chi connectivity index (χ3n) is 14.7.